The number of carbonyl (C=O) groups excluding carboxylic acids is 1. The molecule has 0 aliphatic heterocycles. The average Bonchev–Trinajstić information content (AvgIpc) is 2.81. The van der Waals surface area contributed by atoms with Crippen molar-refractivity contribution < 1.29 is 9.18 Å². The molecule has 0 atom stereocenters. The fourth-order valence-corrected chi connectivity index (χ4v) is 2.76. The second kappa shape index (κ2) is 6.48. The van der Waals surface area contributed by atoms with E-state index in [1.807, 2.05) is 0 Å². The third-order valence-electron chi connectivity index (χ3n) is 2.18. The van der Waals surface area contributed by atoms with Crippen molar-refractivity contribution in [3.8, 4) is 0 Å². The number of hydrogen-bond acceptors (Lipinski definition) is 6. The zero-order chi connectivity index (χ0) is 13.7. The smallest absolute Gasteiger partial charge is 0.230 e. The predicted molar refractivity (Wildman–Crippen MR) is 73.3 cm³/mol. The zero-order valence-corrected chi connectivity index (χ0v) is 11.4. The van der Waals surface area contributed by atoms with Crippen LogP contribution in [0.3, 0.4) is 0 Å². The van der Waals surface area contributed by atoms with Gasteiger partial charge >= 0.3 is 0 Å². The fourth-order valence-electron chi connectivity index (χ4n) is 1.29. The van der Waals surface area contributed by atoms with Gasteiger partial charge in [0.25, 0.3) is 0 Å². The molecule has 8 heteroatoms. The lowest BCUT2D eigenvalue weighted by molar-refractivity contribution is -0.118. The molecule has 0 saturated carbocycles. The number of amides is 1. The Morgan fingerprint density at radius 2 is 2.21 bits per heavy atom. The van der Waals surface area contributed by atoms with Crippen molar-refractivity contribution in [3.63, 3.8) is 0 Å². The first kappa shape index (κ1) is 13.8. The van der Waals surface area contributed by atoms with Gasteiger partial charge in [0.15, 0.2) is 4.34 Å². The lowest BCUT2D eigenvalue weighted by atomic mass is 10.2. The van der Waals surface area contributed by atoms with Crippen LogP contribution >= 0.6 is 23.1 Å². The first-order valence-electron chi connectivity index (χ1n) is 5.37. The topological polar surface area (TPSA) is 80.9 Å². The number of nitrogens with two attached hydrogens (primary N) is 1. The number of rotatable bonds is 5. The standard InChI is InChI=1S/C11H11FN4OS2/c12-8-4-2-1-3-7(8)5-14-9(17)6-18-11-16-15-10(13)19-11/h1-4H,5-6H2,(H2,13,15)(H,14,17). The lowest BCUT2D eigenvalue weighted by Crippen LogP contribution is -2.24. The number of halogens is 1. The Kier molecular flexibility index (Phi) is 4.69. The SMILES string of the molecule is Nc1nnc(SCC(=O)NCc2ccccc2F)s1. The highest BCUT2D eigenvalue weighted by Gasteiger charge is 2.07. The largest absolute Gasteiger partial charge is 0.374 e. The molecule has 0 unspecified atom stereocenters. The summed E-state index contributed by atoms with van der Waals surface area (Å²) in [5.74, 6) is -0.322. The van der Waals surface area contributed by atoms with Gasteiger partial charge < -0.3 is 11.1 Å². The van der Waals surface area contributed by atoms with E-state index in [4.69, 9.17) is 5.73 Å². The van der Waals surface area contributed by atoms with Gasteiger partial charge in [-0.25, -0.2) is 4.39 Å². The van der Waals surface area contributed by atoms with Gasteiger partial charge in [0.05, 0.1) is 5.75 Å². The summed E-state index contributed by atoms with van der Waals surface area (Å²) in [6, 6.07) is 6.33. The molecule has 100 valence electrons. The van der Waals surface area contributed by atoms with E-state index in [0.717, 1.165) is 0 Å². The van der Waals surface area contributed by atoms with Crippen LogP contribution in [-0.4, -0.2) is 21.9 Å². The number of thioether (sulfide) groups is 1. The molecular formula is C11H11FN4OS2. The van der Waals surface area contributed by atoms with E-state index in [-0.39, 0.29) is 24.0 Å². The molecule has 0 saturated heterocycles. The third kappa shape index (κ3) is 4.18. The van der Waals surface area contributed by atoms with Gasteiger partial charge in [0, 0.05) is 12.1 Å². The number of nitrogens with one attached hydrogen (secondary N) is 1. The van der Waals surface area contributed by atoms with Gasteiger partial charge in [-0.3, -0.25) is 4.79 Å². The number of benzene rings is 1. The van der Waals surface area contributed by atoms with Crippen LogP contribution in [0.15, 0.2) is 28.6 Å². The summed E-state index contributed by atoms with van der Waals surface area (Å²) in [6.07, 6.45) is 0. The van der Waals surface area contributed by atoms with Crippen LogP contribution in [0.1, 0.15) is 5.56 Å². The van der Waals surface area contributed by atoms with E-state index in [1.54, 1.807) is 18.2 Å². The van der Waals surface area contributed by atoms with E-state index in [9.17, 15) is 9.18 Å². The Labute approximate surface area is 117 Å². The Morgan fingerprint density at radius 1 is 1.42 bits per heavy atom. The highest BCUT2D eigenvalue weighted by molar-refractivity contribution is 8.01. The van der Waals surface area contributed by atoms with Gasteiger partial charge in [-0.1, -0.05) is 41.3 Å². The number of carbonyl (C=O) groups is 1. The Bertz CT molecular complexity index is 575. The maximum Gasteiger partial charge on any atom is 0.230 e. The molecule has 0 radical (unpaired) electrons. The number of nitrogen functional groups attached to an aromatic ring is 1. The summed E-state index contributed by atoms with van der Waals surface area (Å²) in [5.41, 5.74) is 5.88. The van der Waals surface area contributed by atoms with Crippen molar-refractivity contribution in [3.05, 3.63) is 35.6 Å². The fraction of sp³-hybridized carbons (Fsp3) is 0.182. The summed E-state index contributed by atoms with van der Waals surface area (Å²) in [5, 5.41) is 10.4. The number of hydrogen-bond donors (Lipinski definition) is 2. The molecule has 3 N–H and O–H groups in total. The van der Waals surface area contributed by atoms with Crippen molar-refractivity contribution >= 4 is 34.1 Å². The molecule has 1 amide bonds. The van der Waals surface area contributed by atoms with Gasteiger partial charge in [-0.05, 0) is 6.07 Å². The Hall–Kier alpha value is -1.67. The molecule has 1 aromatic heterocycles. The van der Waals surface area contributed by atoms with E-state index in [1.165, 1.54) is 29.2 Å². The summed E-state index contributed by atoms with van der Waals surface area (Å²) in [7, 11) is 0. The number of aromatic nitrogens is 2. The van der Waals surface area contributed by atoms with Crippen molar-refractivity contribution in [2.24, 2.45) is 0 Å². The second-order valence-corrected chi connectivity index (χ2v) is 5.79. The maximum absolute atomic E-state index is 13.3. The molecule has 0 bridgehead atoms. The number of anilines is 1. The highest BCUT2D eigenvalue weighted by atomic mass is 32.2. The Morgan fingerprint density at radius 3 is 2.89 bits per heavy atom. The molecule has 1 aromatic carbocycles. The van der Waals surface area contributed by atoms with Crippen LogP contribution in [0.5, 0.6) is 0 Å². The van der Waals surface area contributed by atoms with Gasteiger partial charge in [0.2, 0.25) is 11.0 Å². The van der Waals surface area contributed by atoms with Gasteiger partial charge in [-0.15, -0.1) is 10.2 Å². The Balaban J connectivity index is 1.77. The molecule has 0 spiro atoms. The average molecular weight is 298 g/mol. The van der Waals surface area contributed by atoms with Crippen molar-refractivity contribution in [1.82, 2.24) is 15.5 Å². The summed E-state index contributed by atoms with van der Waals surface area (Å²) < 4.78 is 13.9. The minimum absolute atomic E-state index is 0.171. The first-order valence-corrected chi connectivity index (χ1v) is 7.17. The van der Waals surface area contributed by atoms with E-state index >= 15 is 0 Å². The van der Waals surface area contributed by atoms with Crippen LogP contribution in [0.2, 0.25) is 0 Å². The molecule has 1 heterocycles. The summed E-state index contributed by atoms with van der Waals surface area (Å²) in [4.78, 5) is 11.6. The second-order valence-electron chi connectivity index (χ2n) is 3.56. The molecule has 5 nitrogen and oxygen atoms in total. The van der Waals surface area contributed by atoms with Crippen molar-refractivity contribution in [2.45, 2.75) is 10.9 Å². The van der Waals surface area contributed by atoms with Gasteiger partial charge in [0.1, 0.15) is 5.82 Å². The minimum Gasteiger partial charge on any atom is -0.374 e. The number of nitrogens with zero attached hydrogens (tertiary/aromatic N) is 2. The predicted octanol–water partition coefficient (Wildman–Crippen LogP) is 1.67. The molecule has 0 aliphatic rings. The van der Waals surface area contributed by atoms with Crippen molar-refractivity contribution in [2.75, 3.05) is 11.5 Å². The maximum atomic E-state index is 13.3. The van der Waals surface area contributed by atoms with Crippen molar-refractivity contribution in [1.29, 1.82) is 0 Å². The molecule has 0 aliphatic carbocycles. The molecular weight excluding hydrogens is 287 g/mol. The molecule has 0 fully saturated rings. The van der Waals surface area contributed by atoms with Gasteiger partial charge in [-0.2, -0.15) is 0 Å². The lowest BCUT2D eigenvalue weighted by Gasteiger charge is -2.05. The quantitative estimate of drug-likeness (QED) is 0.821. The zero-order valence-electron chi connectivity index (χ0n) is 9.80. The van der Waals surface area contributed by atoms with E-state index in [2.05, 4.69) is 15.5 Å². The van der Waals surface area contributed by atoms with Crippen LogP contribution in [0, 0.1) is 5.82 Å². The molecule has 2 aromatic rings. The normalized spacial score (nSPS) is 10.4. The monoisotopic (exact) mass is 298 g/mol. The van der Waals surface area contributed by atoms with E-state index < -0.39 is 0 Å². The van der Waals surface area contributed by atoms with Crippen LogP contribution in [0.25, 0.3) is 0 Å². The van der Waals surface area contributed by atoms with Crippen LogP contribution < -0.4 is 11.1 Å². The molecule has 2 rings (SSSR count). The summed E-state index contributed by atoms with van der Waals surface area (Å²) in [6.45, 7) is 0.171. The third-order valence-corrected chi connectivity index (χ3v) is 4.07. The molecule has 19 heavy (non-hydrogen) atoms. The van der Waals surface area contributed by atoms with E-state index in [0.29, 0.717) is 15.0 Å². The minimum atomic E-state index is -0.327. The van der Waals surface area contributed by atoms with Crippen LogP contribution in [0.4, 0.5) is 9.52 Å². The van der Waals surface area contributed by atoms with Crippen LogP contribution in [-0.2, 0) is 11.3 Å². The highest BCUT2D eigenvalue weighted by Crippen LogP contribution is 2.22. The summed E-state index contributed by atoms with van der Waals surface area (Å²) >= 11 is 2.47. The first-order chi connectivity index (χ1) is 9.15.